The monoisotopic (exact) mass is 315 g/mol. The summed E-state index contributed by atoms with van der Waals surface area (Å²) >= 11 is 0. The smallest absolute Gasteiger partial charge is 0.252 e. The molecule has 1 amide bonds. The molecule has 0 aliphatic heterocycles. The third-order valence-corrected chi connectivity index (χ3v) is 3.88. The largest absolute Gasteiger partial charge is 0.494 e. The molecule has 1 aliphatic carbocycles. The SMILES string of the molecule is COc1cc(C(=O)N[C@@H](c2nccc(C)n2)C2CC2)ccc1F. The van der Waals surface area contributed by atoms with E-state index in [2.05, 4.69) is 15.3 Å². The molecule has 1 N–H and O–H groups in total. The lowest BCUT2D eigenvalue weighted by Crippen LogP contribution is -2.31. The lowest BCUT2D eigenvalue weighted by Gasteiger charge is -2.17. The van der Waals surface area contributed by atoms with Crippen molar-refractivity contribution in [1.29, 1.82) is 0 Å². The van der Waals surface area contributed by atoms with Crippen LogP contribution < -0.4 is 10.1 Å². The fraction of sp³-hybridized carbons (Fsp3) is 0.353. The van der Waals surface area contributed by atoms with Gasteiger partial charge in [0.2, 0.25) is 0 Å². The predicted octanol–water partition coefficient (Wildman–Crippen LogP) is 2.81. The number of halogens is 1. The average molecular weight is 315 g/mol. The number of benzene rings is 1. The highest BCUT2D eigenvalue weighted by atomic mass is 19.1. The molecule has 6 heteroatoms. The number of hydrogen-bond donors (Lipinski definition) is 1. The van der Waals surface area contributed by atoms with Crippen LogP contribution in [0.4, 0.5) is 4.39 Å². The fourth-order valence-corrected chi connectivity index (χ4v) is 2.47. The van der Waals surface area contributed by atoms with E-state index in [0.717, 1.165) is 18.5 Å². The number of hydrogen-bond acceptors (Lipinski definition) is 4. The van der Waals surface area contributed by atoms with Crippen LogP contribution in [0.25, 0.3) is 0 Å². The van der Waals surface area contributed by atoms with E-state index in [1.54, 1.807) is 6.20 Å². The first kappa shape index (κ1) is 15.4. The second kappa shape index (κ2) is 6.32. The summed E-state index contributed by atoms with van der Waals surface area (Å²) < 4.78 is 18.4. The van der Waals surface area contributed by atoms with Gasteiger partial charge in [0.05, 0.1) is 13.2 Å². The quantitative estimate of drug-likeness (QED) is 0.921. The van der Waals surface area contributed by atoms with Crippen molar-refractivity contribution in [3.63, 3.8) is 0 Å². The molecule has 1 atom stereocenters. The van der Waals surface area contributed by atoms with Gasteiger partial charge in [-0.15, -0.1) is 0 Å². The Morgan fingerprint density at radius 1 is 1.39 bits per heavy atom. The number of ether oxygens (including phenoxy) is 1. The maximum atomic E-state index is 13.5. The van der Waals surface area contributed by atoms with Crippen LogP contribution in [0.1, 0.15) is 40.8 Å². The van der Waals surface area contributed by atoms with Gasteiger partial charge in [0.15, 0.2) is 17.4 Å². The van der Waals surface area contributed by atoms with E-state index in [1.807, 2.05) is 13.0 Å². The number of carbonyl (C=O) groups is 1. The third-order valence-electron chi connectivity index (χ3n) is 3.88. The second-order valence-electron chi connectivity index (χ2n) is 5.69. The summed E-state index contributed by atoms with van der Waals surface area (Å²) in [7, 11) is 1.37. The molecule has 2 aromatic rings. The fourth-order valence-electron chi connectivity index (χ4n) is 2.47. The molecule has 1 aliphatic rings. The Balaban J connectivity index is 1.82. The predicted molar refractivity (Wildman–Crippen MR) is 82.7 cm³/mol. The Morgan fingerprint density at radius 3 is 2.83 bits per heavy atom. The van der Waals surface area contributed by atoms with Gasteiger partial charge in [0.25, 0.3) is 5.91 Å². The molecule has 120 valence electrons. The summed E-state index contributed by atoms with van der Waals surface area (Å²) in [5.74, 6) is 0.237. The first-order valence-corrected chi connectivity index (χ1v) is 7.52. The summed E-state index contributed by atoms with van der Waals surface area (Å²) in [6, 6.07) is 5.65. The highest BCUT2D eigenvalue weighted by Crippen LogP contribution is 2.40. The first-order chi connectivity index (χ1) is 11.1. The van der Waals surface area contributed by atoms with E-state index >= 15 is 0 Å². The van der Waals surface area contributed by atoms with Crippen molar-refractivity contribution in [3.05, 3.63) is 53.4 Å². The van der Waals surface area contributed by atoms with Crippen molar-refractivity contribution in [1.82, 2.24) is 15.3 Å². The van der Waals surface area contributed by atoms with E-state index in [1.165, 1.54) is 25.3 Å². The molecular formula is C17H18FN3O2. The number of carbonyl (C=O) groups excluding carboxylic acids is 1. The van der Waals surface area contributed by atoms with Crippen molar-refractivity contribution in [2.75, 3.05) is 7.11 Å². The van der Waals surface area contributed by atoms with Crippen LogP contribution in [-0.4, -0.2) is 23.0 Å². The number of aromatic nitrogens is 2. The Labute approximate surface area is 133 Å². The molecule has 0 saturated heterocycles. The zero-order valence-electron chi connectivity index (χ0n) is 13.0. The van der Waals surface area contributed by atoms with E-state index in [4.69, 9.17) is 4.74 Å². The molecule has 1 aromatic heterocycles. The van der Waals surface area contributed by atoms with Crippen LogP contribution in [0, 0.1) is 18.7 Å². The Morgan fingerprint density at radius 2 is 2.17 bits per heavy atom. The van der Waals surface area contributed by atoms with Crippen molar-refractivity contribution >= 4 is 5.91 Å². The molecule has 1 aromatic carbocycles. The van der Waals surface area contributed by atoms with Gasteiger partial charge in [-0.2, -0.15) is 0 Å². The van der Waals surface area contributed by atoms with Crippen LogP contribution in [0.2, 0.25) is 0 Å². The number of nitrogens with one attached hydrogen (secondary N) is 1. The summed E-state index contributed by atoms with van der Waals surface area (Å²) in [6.45, 7) is 1.89. The Hall–Kier alpha value is -2.50. The second-order valence-corrected chi connectivity index (χ2v) is 5.69. The summed E-state index contributed by atoms with van der Waals surface area (Å²) in [5.41, 5.74) is 1.21. The maximum absolute atomic E-state index is 13.5. The lowest BCUT2D eigenvalue weighted by molar-refractivity contribution is 0.0929. The van der Waals surface area contributed by atoms with Gasteiger partial charge in [-0.25, -0.2) is 14.4 Å². The highest BCUT2D eigenvalue weighted by Gasteiger charge is 2.35. The molecule has 1 fully saturated rings. The molecule has 0 unspecified atom stereocenters. The Bertz CT molecular complexity index is 732. The molecule has 0 bridgehead atoms. The van der Waals surface area contributed by atoms with Gasteiger partial charge in [0.1, 0.15) is 0 Å². The summed E-state index contributed by atoms with van der Waals surface area (Å²) in [4.78, 5) is 21.2. The van der Waals surface area contributed by atoms with E-state index in [9.17, 15) is 9.18 Å². The first-order valence-electron chi connectivity index (χ1n) is 7.52. The van der Waals surface area contributed by atoms with Gasteiger partial charge >= 0.3 is 0 Å². The number of aryl methyl sites for hydroxylation is 1. The molecular weight excluding hydrogens is 297 g/mol. The van der Waals surface area contributed by atoms with Crippen LogP contribution in [-0.2, 0) is 0 Å². The van der Waals surface area contributed by atoms with Crippen molar-refractivity contribution in [2.24, 2.45) is 5.92 Å². The van der Waals surface area contributed by atoms with Gasteiger partial charge in [-0.3, -0.25) is 4.79 Å². The van der Waals surface area contributed by atoms with Crippen molar-refractivity contribution in [3.8, 4) is 5.75 Å². The van der Waals surface area contributed by atoms with Crippen LogP contribution in [0.15, 0.2) is 30.5 Å². The van der Waals surface area contributed by atoms with Gasteiger partial charge in [0, 0.05) is 17.5 Å². The minimum absolute atomic E-state index is 0.0485. The molecule has 1 saturated carbocycles. The van der Waals surface area contributed by atoms with Crippen molar-refractivity contribution in [2.45, 2.75) is 25.8 Å². The number of methoxy groups -OCH3 is 1. The van der Waals surface area contributed by atoms with E-state index in [-0.39, 0.29) is 17.7 Å². The molecule has 1 heterocycles. The minimum Gasteiger partial charge on any atom is -0.494 e. The van der Waals surface area contributed by atoms with Crippen LogP contribution in [0.5, 0.6) is 5.75 Å². The third kappa shape index (κ3) is 3.47. The zero-order chi connectivity index (χ0) is 16.4. The lowest BCUT2D eigenvalue weighted by atomic mass is 10.1. The number of amides is 1. The van der Waals surface area contributed by atoms with Gasteiger partial charge < -0.3 is 10.1 Å². The van der Waals surface area contributed by atoms with Crippen LogP contribution in [0.3, 0.4) is 0 Å². The Kier molecular flexibility index (Phi) is 4.23. The zero-order valence-corrected chi connectivity index (χ0v) is 13.0. The minimum atomic E-state index is -0.496. The normalized spacial score (nSPS) is 15.1. The van der Waals surface area contributed by atoms with Crippen molar-refractivity contribution < 1.29 is 13.9 Å². The molecule has 0 spiro atoms. The summed E-state index contributed by atoms with van der Waals surface area (Å²) in [5, 5.41) is 2.97. The van der Waals surface area contributed by atoms with Gasteiger partial charge in [-0.05, 0) is 49.9 Å². The molecule has 23 heavy (non-hydrogen) atoms. The number of nitrogens with zero attached hydrogens (tertiary/aromatic N) is 2. The van der Waals surface area contributed by atoms with Gasteiger partial charge in [-0.1, -0.05) is 0 Å². The molecule has 0 radical (unpaired) electrons. The summed E-state index contributed by atoms with van der Waals surface area (Å²) in [6.07, 6.45) is 3.77. The van der Waals surface area contributed by atoms with E-state index < -0.39 is 5.82 Å². The van der Waals surface area contributed by atoms with Crippen LogP contribution >= 0.6 is 0 Å². The standard InChI is InChI=1S/C17H18FN3O2/c1-10-7-8-19-16(20-10)15(11-3-4-11)21-17(22)12-5-6-13(18)14(9-12)23-2/h5-9,11,15H,3-4H2,1-2H3,(H,21,22)/t15-/m1/s1. The molecule has 3 rings (SSSR count). The highest BCUT2D eigenvalue weighted by molar-refractivity contribution is 5.94. The number of rotatable bonds is 5. The average Bonchev–Trinajstić information content (AvgIpc) is 3.37. The molecule has 5 nitrogen and oxygen atoms in total. The topological polar surface area (TPSA) is 64.1 Å². The van der Waals surface area contributed by atoms with E-state index in [0.29, 0.717) is 17.3 Å². The maximum Gasteiger partial charge on any atom is 0.252 e.